The Morgan fingerprint density at radius 1 is 1.38 bits per heavy atom. The van der Waals surface area contributed by atoms with Gasteiger partial charge in [-0.2, -0.15) is 0 Å². The van der Waals surface area contributed by atoms with Gasteiger partial charge in [0.05, 0.1) is 30.5 Å². The van der Waals surface area contributed by atoms with Crippen molar-refractivity contribution in [1.29, 1.82) is 0 Å². The van der Waals surface area contributed by atoms with E-state index in [1.54, 1.807) is 38.1 Å². The maximum Gasteiger partial charge on any atom is 0.265 e. The first kappa shape index (κ1) is 16.0. The third kappa shape index (κ3) is 2.24. The molecule has 24 heavy (non-hydrogen) atoms. The number of nitrogens with zero attached hydrogens (tertiary/aromatic N) is 1. The molecule has 5 nitrogen and oxygen atoms in total. The zero-order valence-electron chi connectivity index (χ0n) is 13.5. The average molecular weight is 323 g/mol. The Morgan fingerprint density at radius 2 is 2.08 bits per heavy atom. The molecule has 122 valence electrons. The highest BCUT2D eigenvalue weighted by atomic mass is 16.3. The average Bonchev–Trinajstić information content (AvgIpc) is 2.99. The largest absolute Gasteiger partial charge is 0.469 e. The number of terminal acetylenes is 1. The Labute approximate surface area is 139 Å². The third-order valence-corrected chi connectivity index (χ3v) is 4.34. The van der Waals surface area contributed by atoms with Crippen molar-refractivity contribution >= 4 is 17.4 Å². The minimum absolute atomic E-state index is 0.0378. The molecule has 1 unspecified atom stereocenters. The number of anilines is 1. The zero-order chi connectivity index (χ0) is 17.5. The summed E-state index contributed by atoms with van der Waals surface area (Å²) in [6, 6.07) is 6.83. The molecule has 0 bridgehead atoms. The normalized spacial score (nSPS) is 19.2. The molecule has 1 aromatic carbocycles. The molecule has 0 aliphatic carbocycles. The van der Waals surface area contributed by atoms with Crippen LogP contribution in [0.25, 0.3) is 0 Å². The number of hydrogen-bond donors (Lipinski definition) is 1. The van der Waals surface area contributed by atoms with Crippen LogP contribution in [-0.2, 0) is 10.4 Å². The van der Waals surface area contributed by atoms with Gasteiger partial charge in [-0.25, -0.2) is 0 Å². The summed E-state index contributed by atoms with van der Waals surface area (Å²) in [5, 5.41) is 11.0. The van der Waals surface area contributed by atoms with Crippen LogP contribution in [0.5, 0.6) is 0 Å². The number of carbonyl (C=O) groups is 2. The van der Waals surface area contributed by atoms with Gasteiger partial charge in [-0.3, -0.25) is 14.5 Å². The van der Waals surface area contributed by atoms with Gasteiger partial charge in [0.1, 0.15) is 5.76 Å². The fourth-order valence-corrected chi connectivity index (χ4v) is 3.23. The maximum atomic E-state index is 12.8. The molecular formula is C19H17NO4. The van der Waals surface area contributed by atoms with Crippen molar-refractivity contribution in [1.82, 2.24) is 0 Å². The quantitative estimate of drug-likeness (QED) is 0.692. The summed E-state index contributed by atoms with van der Waals surface area (Å²) in [7, 11) is 0. The molecule has 2 heterocycles. The number of ketones is 1. The van der Waals surface area contributed by atoms with Crippen LogP contribution in [0, 0.1) is 26.2 Å². The fraction of sp³-hybridized carbons (Fsp3) is 0.263. The minimum atomic E-state index is -1.92. The summed E-state index contributed by atoms with van der Waals surface area (Å²) >= 11 is 0. The van der Waals surface area contributed by atoms with Crippen molar-refractivity contribution in [2.45, 2.75) is 25.9 Å². The monoisotopic (exact) mass is 323 g/mol. The van der Waals surface area contributed by atoms with Gasteiger partial charge in [-0.15, -0.1) is 6.42 Å². The van der Waals surface area contributed by atoms with Crippen molar-refractivity contribution in [3.63, 3.8) is 0 Å². The lowest BCUT2D eigenvalue weighted by Gasteiger charge is -2.21. The van der Waals surface area contributed by atoms with Crippen LogP contribution in [0.2, 0.25) is 0 Å². The van der Waals surface area contributed by atoms with Gasteiger partial charge < -0.3 is 9.52 Å². The Hall–Kier alpha value is -2.84. The van der Waals surface area contributed by atoms with E-state index in [0.29, 0.717) is 28.1 Å². The van der Waals surface area contributed by atoms with Crippen molar-refractivity contribution in [2.75, 3.05) is 11.4 Å². The van der Waals surface area contributed by atoms with E-state index in [1.165, 1.54) is 11.2 Å². The minimum Gasteiger partial charge on any atom is -0.469 e. The first-order valence-corrected chi connectivity index (χ1v) is 7.55. The molecule has 1 aliphatic heterocycles. The second kappa shape index (κ2) is 5.66. The third-order valence-electron chi connectivity index (χ3n) is 4.34. The first-order chi connectivity index (χ1) is 11.4. The number of furan rings is 1. The molecule has 0 fully saturated rings. The second-order valence-corrected chi connectivity index (χ2v) is 5.92. The molecule has 1 amide bonds. The van der Waals surface area contributed by atoms with Crippen LogP contribution in [0.4, 0.5) is 5.69 Å². The summed E-state index contributed by atoms with van der Waals surface area (Å²) < 4.78 is 5.25. The zero-order valence-corrected chi connectivity index (χ0v) is 13.5. The van der Waals surface area contributed by atoms with E-state index in [1.807, 2.05) is 0 Å². The number of para-hydroxylation sites is 1. The molecule has 0 radical (unpaired) electrons. The summed E-state index contributed by atoms with van der Waals surface area (Å²) in [6.45, 7) is 3.47. The molecule has 1 aromatic heterocycles. The number of fused-ring (bicyclic) bond motifs is 1. The number of aryl methyl sites for hydroxylation is 2. The number of amides is 1. The Kier molecular flexibility index (Phi) is 3.78. The van der Waals surface area contributed by atoms with Crippen LogP contribution in [0.3, 0.4) is 0 Å². The molecule has 1 N–H and O–H groups in total. The first-order valence-electron chi connectivity index (χ1n) is 7.55. The smallest absolute Gasteiger partial charge is 0.265 e. The van der Waals surface area contributed by atoms with E-state index < -0.39 is 11.5 Å². The molecule has 0 saturated carbocycles. The lowest BCUT2D eigenvalue weighted by molar-refractivity contribution is -0.135. The molecule has 0 saturated heterocycles. The molecule has 0 spiro atoms. The number of rotatable bonds is 4. The summed E-state index contributed by atoms with van der Waals surface area (Å²) in [5.41, 5.74) is 0.110. The molecular weight excluding hydrogens is 306 g/mol. The molecule has 2 aromatic rings. The van der Waals surface area contributed by atoms with Gasteiger partial charge in [0.15, 0.2) is 11.4 Å². The predicted molar refractivity (Wildman–Crippen MR) is 88.7 cm³/mol. The fourth-order valence-electron chi connectivity index (χ4n) is 3.23. The number of benzene rings is 1. The highest BCUT2D eigenvalue weighted by molar-refractivity contribution is 6.11. The Bertz CT molecular complexity index is 854. The number of carbonyl (C=O) groups excluding carboxylic acids is 2. The van der Waals surface area contributed by atoms with E-state index >= 15 is 0 Å². The topological polar surface area (TPSA) is 70.8 Å². The highest BCUT2D eigenvalue weighted by Gasteiger charge is 2.50. The Balaban J connectivity index is 2.02. The maximum absolute atomic E-state index is 12.8. The number of hydrogen-bond acceptors (Lipinski definition) is 4. The van der Waals surface area contributed by atoms with Gasteiger partial charge >= 0.3 is 0 Å². The number of aliphatic hydroxyl groups is 1. The van der Waals surface area contributed by atoms with Crippen LogP contribution >= 0.6 is 0 Å². The van der Waals surface area contributed by atoms with Crippen molar-refractivity contribution in [3.8, 4) is 12.3 Å². The van der Waals surface area contributed by atoms with Gasteiger partial charge in [-0.1, -0.05) is 24.1 Å². The lowest BCUT2D eigenvalue weighted by Crippen LogP contribution is -2.42. The SMILES string of the molecule is C#CCN1C(=O)C(O)(CC(=O)c2c(C)coc2C)c2ccccc21. The van der Waals surface area contributed by atoms with Gasteiger partial charge in [0, 0.05) is 5.56 Å². The summed E-state index contributed by atoms with van der Waals surface area (Å²) in [4.78, 5) is 26.8. The van der Waals surface area contributed by atoms with E-state index in [0.717, 1.165) is 0 Å². The Morgan fingerprint density at radius 3 is 2.71 bits per heavy atom. The van der Waals surface area contributed by atoms with Crippen LogP contribution in [-0.4, -0.2) is 23.3 Å². The lowest BCUT2D eigenvalue weighted by atomic mass is 9.87. The molecule has 1 aliphatic rings. The molecule has 3 rings (SSSR count). The second-order valence-electron chi connectivity index (χ2n) is 5.92. The van der Waals surface area contributed by atoms with Gasteiger partial charge in [0.2, 0.25) is 0 Å². The number of Topliss-reactive ketones (excluding diaryl/α,β-unsaturated/α-hetero) is 1. The molecule has 1 atom stereocenters. The van der Waals surface area contributed by atoms with Crippen molar-refractivity contribution in [3.05, 3.63) is 53.0 Å². The summed E-state index contributed by atoms with van der Waals surface area (Å²) in [5.74, 6) is 1.97. The van der Waals surface area contributed by atoms with Crippen molar-refractivity contribution < 1.29 is 19.1 Å². The van der Waals surface area contributed by atoms with Crippen LogP contribution in [0.15, 0.2) is 34.9 Å². The standard InChI is InChI=1S/C19H17NO4/c1-4-9-20-15-8-6-5-7-14(15)19(23,18(20)22)10-16(21)17-12(2)11-24-13(17)3/h1,5-8,11,23H,9-10H2,2-3H3. The van der Waals surface area contributed by atoms with Crippen molar-refractivity contribution in [2.24, 2.45) is 0 Å². The highest BCUT2D eigenvalue weighted by Crippen LogP contribution is 2.42. The van der Waals surface area contributed by atoms with E-state index in [-0.39, 0.29) is 18.7 Å². The van der Waals surface area contributed by atoms with E-state index in [9.17, 15) is 14.7 Å². The van der Waals surface area contributed by atoms with Crippen LogP contribution < -0.4 is 4.90 Å². The summed E-state index contributed by atoms with van der Waals surface area (Å²) in [6.07, 6.45) is 6.46. The predicted octanol–water partition coefficient (Wildman–Crippen LogP) is 2.34. The van der Waals surface area contributed by atoms with E-state index in [2.05, 4.69) is 5.92 Å². The van der Waals surface area contributed by atoms with E-state index in [4.69, 9.17) is 10.8 Å². The van der Waals surface area contributed by atoms with Gasteiger partial charge in [-0.05, 0) is 25.5 Å². The molecule has 5 heteroatoms. The van der Waals surface area contributed by atoms with Gasteiger partial charge in [0.25, 0.3) is 5.91 Å². The van der Waals surface area contributed by atoms with Crippen LogP contribution in [0.1, 0.15) is 33.7 Å².